The molecule has 0 bridgehead atoms. The highest BCUT2D eigenvalue weighted by Crippen LogP contribution is 2.06. The molecule has 18 heavy (non-hydrogen) atoms. The zero-order chi connectivity index (χ0) is 13.4. The quantitative estimate of drug-likeness (QED) is 0.800. The maximum Gasteiger partial charge on any atom is 0.339 e. The summed E-state index contributed by atoms with van der Waals surface area (Å²) >= 11 is 0. The SMILES string of the molecule is CCOC(=O)c1cncc(C=CCNC(C)=O)c1. The molecule has 0 aliphatic heterocycles. The van der Waals surface area contributed by atoms with Gasteiger partial charge in [0.15, 0.2) is 0 Å². The van der Waals surface area contributed by atoms with Crippen LogP contribution in [0, 0.1) is 0 Å². The van der Waals surface area contributed by atoms with Gasteiger partial charge < -0.3 is 10.1 Å². The van der Waals surface area contributed by atoms with E-state index in [0.29, 0.717) is 18.7 Å². The highest BCUT2D eigenvalue weighted by molar-refractivity contribution is 5.89. The van der Waals surface area contributed by atoms with Crippen molar-refractivity contribution in [1.29, 1.82) is 0 Å². The number of hydrogen-bond acceptors (Lipinski definition) is 4. The summed E-state index contributed by atoms with van der Waals surface area (Å²) in [5.74, 6) is -0.472. The minimum absolute atomic E-state index is 0.0851. The molecule has 1 heterocycles. The van der Waals surface area contributed by atoms with Crippen molar-refractivity contribution in [3.8, 4) is 0 Å². The number of pyridine rings is 1. The van der Waals surface area contributed by atoms with Crippen LogP contribution < -0.4 is 5.32 Å². The zero-order valence-corrected chi connectivity index (χ0v) is 10.5. The molecule has 0 aromatic carbocycles. The zero-order valence-electron chi connectivity index (χ0n) is 10.5. The topological polar surface area (TPSA) is 68.3 Å². The number of esters is 1. The molecule has 0 aliphatic rings. The van der Waals surface area contributed by atoms with Gasteiger partial charge >= 0.3 is 5.97 Å². The van der Waals surface area contributed by atoms with Crippen LogP contribution in [0.4, 0.5) is 0 Å². The lowest BCUT2D eigenvalue weighted by atomic mass is 10.2. The first kappa shape index (κ1) is 13.9. The van der Waals surface area contributed by atoms with Crippen LogP contribution in [0.25, 0.3) is 6.08 Å². The van der Waals surface area contributed by atoms with E-state index in [-0.39, 0.29) is 11.9 Å². The van der Waals surface area contributed by atoms with Crippen LogP contribution in [0.1, 0.15) is 29.8 Å². The second kappa shape index (κ2) is 7.21. The van der Waals surface area contributed by atoms with Crippen LogP contribution >= 0.6 is 0 Å². The van der Waals surface area contributed by atoms with Gasteiger partial charge in [-0.3, -0.25) is 9.78 Å². The number of nitrogens with one attached hydrogen (secondary N) is 1. The van der Waals surface area contributed by atoms with E-state index in [9.17, 15) is 9.59 Å². The molecule has 1 N–H and O–H groups in total. The highest BCUT2D eigenvalue weighted by atomic mass is 16.5. The lowest BCUT2D eigenvalue weighted by Crippen LogP contribution is -2.19. The largest absolute Gasteiger partial charge is 0.462 e. The molecule has 0 unspecified atom stereocenters. The third-order valence-corrected chi connectivity index (χ3v) is 2.05. The smallest absolute Gasteiger partial charge is 0.339 e. The number of amides is 1. The Balaban J connectivity index is 2.64. The molecule has 0 radical (unpaired) electrons. The molecule has 1 aromatic rings. The van der Waals surface area contributed by atoms with Crippen LogP contribution in [-0.2, 0) is 9.53 Å². The summed E-state index contributed by atoms with van der Waals surface area (Å²) in [4.78, 5) is 26.1. The number of aromatic nitrogens is 1. The lowest BCUT2D eigenvalue weighted by molar-refractivity contribution is -0.118. The molecule has 0 saturated carbocycles. The van der Waals surface area contributed by atoms with E-state index in [1.165, 1.54) is 13.1 Å². The number of carbonyl (C=O) groups excluding carboxylic acids is 2. The van der Waals surface area contributed by atoms with Gasteiger partial charge in [-0.05, 0) is 18.6 Å². The number of nitrogens with zero attached hydrogens (tertiary/aromatic N) is 1. The second-order valence-electron chi connectivity index (χ2n) is 3.57. The van der Waals surface area contributed by atoms with E-state index < -0.39 is 0 Å². The standard InChI is InChI=1S/C13H16N2O3/c1-3-18-13(17)12-7-11(8-14-9-12)5-4-6-15-10(2)16/h4-5,7-9H,3,6H2,1-2H3,(H,15,16). The van der Waals surface area contributed by atoms with E-state index in [1.54, 1.807) is 31.3 Å². The van der Waals surface area contributed by atoms with E-state index in [0.717, 1.165) is 5.56 Å². The first-order valence-corrected chi connectivity index (χ1v) is 5.66. The summed E-state index contributed by atoms with van der Waals surface area (Å²) < 4.78 is 4.88. The Bertz CT molecular complexity index is 455. The number of carbonyl (C=O) groups is 2. The van der Waals surface area contributed by atoms with Gasteiger partial charge in [0.25, 0.3) is 0 Å². The minimum Gasteiger partial charge on any atom is -0.462 e. The van der Waals surface area contributed by atoms with Crippen LogP contribution in [0.2, 0.25) is 0 Å². The molecular weight excluding hydrogens is 232 g/mol. The molecule has 0 spiro atoms. The van der Waals surface area contributed by atoms with Crippen molar-refractivity contribution in [3.05, 3.63) is 35.7 Å². The monoisotopic (exact) mass is 248 g/mol. The van der Waals surface area contributed by atoms with Gasteiger partial charge in [0.05, 0.1) is 12.2 Å². The van der Waals surface area contributed by atoms with E-state index in [4.69, 9.17) is 4.74 Å². The maximum absolute atomic E-state index is 11.5. The van der Waals surface area contributed by atoms with Gasteiger partial charge in [0.1, 0.15) is 0 Å². The molecule has 1 amide bonds. The summed E-state index contributed by atoms with van der Waals surface area (Å²) in [5.41, 5.74) is 1.20. The summed E-state index contributed by atoms with van der Waals surface area (Å²) in [6, 6.07) is 1.69. The van der Waals surface area contributed by atoms with Crippen molar-refractivity contribution >= 4 is 18.0 Å². The van der Waals surface area contributed by atoms with Crippen molar-refractivity contribution in [2.75, 3.05) is 13.2 Å². The molecular formula is C13H16N2O3. The summed E-state index contributed by atoms with van der Waals surface area (Å²) in [7, 11) is 0. The Hall–Kier alpha value is -2.17. The average molecular weight is 248 g/mol. The third-order valence-electron chi connectivity index (χ3n) is 2.05. The lowest BCUT2D eigenvalue weighted by Gasteiger charge is -2.01. The van der Waals surface area contributed by atoms with E-state index in [1.807, 2.05) is 0 Å². The maximum atomic E-state index is 11.5. The predicted octanol–water partition coefficient (Wildman–Crippen LogP) is 1.41. The van der Waals surface area contributed by atoms with Crippen LogP contribution in [0.3, 0.4) is 0 Å². The molecule has 0 aliphatic carbocycles. The Labute approximate surface area is 106 Å². The summed E-state index contributed by atoms with van der Waals surface area (Å²) in [6.07, 6.45) is 6.66. The molecule has 0 saturated heterocycles. The van der Waals surface area contributed by atoms with Crippen LogP contribution in [-0.4, -0.2) is 30.0 Å². The fourth-order valence-electron chi connectivity index (χ4n) is 1.27. The molecule has 0 fully saturated rings. The number of ether oxygens (including phenoxy) is 1. The van der Waals surface area contributed by atoms with Crippen molar-refractivity contribution in [2.45, 2.75) is 13.8 Å². The summed E-state index contributed by atoms with van der Waals surface area (Å²) in [5, 5.41) is 2.64. The van der Waals surface area contributed by atoms with Crippen molar-refractivity contribution in [3.63, 3.8) is 0 Å². The first-order chi connectivity index (χ1) is 8.63. The fraction of sp³-hybridized carbons (Fsp3) is 0.308. The van der Waals surface area contributed by atoms with Crippen molar-refractivity contribution in [2.24, 2.45) is 0 Å². The van der Waals surface area contributed by atoms with Crippen LogP contribution in [0.5, 0.6) is 0 Å². The molecule has 96 valence electrons. The minimum atomic E-state index is -0.387. The summed E-state index contributed by atoms with van der Waals surface area (Å²) in [6.45, 7) is 3.99. The normalized spacial score (nSPS) is 10.3. The first-order valence-electron chi connectivity index (χ1n) is 5.66. The fourth-order valence-corrected chi connectivity index (χ4v) is 1.27. The van der Waals surface area contributed by atoms with Gasteiger partial charge in [0, 0.05) is 25.9 Å². The Kier molecular flexibility index (Phi) is 5.57. The Morgan fingerprint density at radius 1 is 1.44 bits per heavy atom. The third kappa shape index (κ3) is 4.78. The van der Waals surface area contributed by atoms with Crippen molar-refractivity contribution < 1.29 is 14.3 Å². The number of hydrogen-bond donors (Lipinski definition) is 1. The van der Waals surface area contributed by atoms with Gasteiger partial charge in [-0.15, -0.1) is 0 Å². The second-order valence-corrected chi connectivity index (χ2v) is 3.57. The number of rotatable bonds is 5. The van der Waals surface area contributed by atoms with Gasteiger partial charge in [-0.2, -0.15) is 0 Å². The van der Waals surface area contributed by atoms with Gasteiger partial charge in [-0.1, -0.05) is 12.2 Å². The van der Waals surface area contributed by atoms with E-state index >= 15 is 0 Å². The molecule has 5 nitrogen and oxygen atoms in total. The van der Waals surface area contributed by atoms with Gasteiger partial charge in [-0.25, -0.2) is 4.79 Å². The molecule has 1 aromatic heterocycles. The van der Waals surface area contributed by atoms with Gasteiger partial charge in [0.2, 0.25) is 5.91 Å². The van der Waals surface area contributed by atoms with E-state index in [2.05, 4.69) is 10.3 Å². The molecule has 1 rings (SSSR count). The molecule has 0 atom stereocenters. The van der Waals surface area contributed by atoms with Crippen molar-refractivity contribution in [1.82, 2.24) is 10.3 Å². The Morgan fingerprint density at radius 3 is 2.89 bits per heavy atom. The average Bonchev–Trinajstić information content (AvgIpc) is 2.35. The Morgan fingerprint density at radius 2 is 2.22 bits per heavy atom. The molecule has 5 heteroatoms. The van der Waals surface area contributed by atoms with Crippen LogP contribution in [0.15, 0.2) is 24.5 Å². The predicted molar refractivity (Wildman–Crippen MR) is 67.9 cm³/mol. The highest BCUT2D eigenvalue weighted by Gasteiger charge is 2.06.